The Labute approximate surface area is 98.5 Å². The van der Waals surface area contributed by atoms with Crippen LogP contribution in [0.3, 0.4) is 0 Å². The van der Waals surface area contributed by atoms with E-state index in [1.807, 2.05) is 36.6 Å². The molecule has 4 nitrogen and oxygen atoms in total. The second-order valence-electron chi connectivity index (χ2n) is 3.64. The van der Waals surface area contributed by atoms with E-state index >= 15 is 0 Å². The van der Waals surface area contributed by atoms with Gasteiger partial charge in [0.05, 0.1) is 4.88 Å². The Morgan fingerprint density at radius 2 is 2.25 bits per heavy atom. The number of hydrogen-bond acceptors (Lipinski definition) is 5. The number of anilines is 1. The number of thiophene rings is 1. The van der Waals surface area contributed by atoms with Crippen LogP contribution in [-0.4, -0.2) is 22.8 Å². The first-order valence-corrected chi connectivity index (χ1v) is 6.01. The minimum atomic E-state index is 0.110. The second-order valence-corrected chi connectivity index (χ2v) is 4.59. The fourth-order valence-corrected chi connectivity index (χ4v) is 1.94. The van der Waals surface area contributed by atoms with Gasteiger partial charge in [0.1, 0.15) is 11.5 Å². The van der Waals surface area contributed by atoms with Crippen LogP contribution in [0.25, 0.3) is 10.6 Å². The van der Waals surface area contributed by atoms with Crippen LogP contribution in [0.1, 0.15) is 6.92 Å². The van der Waals surface area contributed by atoms with E-state index < -0.39 is 0 Å². The topological polar surface area (TPSA) is 63.8 Å². The molecule has 0 aliphatic heterocycles. The summed E-state index contributed by atoms with van der Waals surface area (Å²) in [6, 6.07) is 8.03. The highest BCUT2D eigenvalue weighted by atomic mass is 32.1. The van der Waals surface area contributed by atoms with Gasteiger partial charge < -0.3 is 11.1 Å². The van der Waals surface area contributed by atoms with Crippen LogP contribution in [0.15, 0.2) is 29.6 Å². The molecular weight excluding hydrogens is 220 g/mol. The molecule has 3 N–H and O–H groups in total. The van der Waals surface area contributed by atoms with Crippen LogP contribution >= 0.6 is 11.3 Å². The van der Waals surface area contributed by atoms with Crippen LogP contribution in [0.5, 0.6) is 0 Å². The quantitative estimate of drug-likeness (QED) is 0.849. The molecule has 0 radical (unpaired) electrons. The van der Waals surface area contributed by atoms with Crippen molar-refractivity contribution in [2.24, 2.45) is 5.73 Å². The van der Waals surface area contributed by atoms with E-state index in [4.69, 9.17) is 5.73 Å². The van der Waals surface area contributed by atoms with Gasteiger partial charge in [-0.25, -0.2) is 0 Å². The van der Waals surface area contributed by atoms with E-state index in [2.05, 4.69) is 15.5 Å². The Balaban J connectivity index is 2.05. The average molecular weight is 234 g/mol. The van der Waals surface area contributed by atoms with Gasteiger partial charge in [0.15, 0.2) is 0 Å². The van der Waals surface area contributed by atoms with Crippen LogP contribution < -0.4 is 11.1 Å². The summed E-state index contributed by atoms with van der Waals surface area (Å²) in [5.74, 6) is 0.762. The number of aromatic nitrogens is 2. The highest BCUT2D eigenvalue weighted by molar-refractivity contribution is 7.13. The van der Waals surface area contributed by atoms with Crippen LogP contribution in [0.4, 0.5) is 5.82 Å². The maximum absolute atomic E-state index is 5.64. The fraction of sp³-hybridized carbons (Fsp3) is 0.273. The van der Waals surface area contributed by atoms with Crippen LogP contribution in [-0.2, 0) is 0 Å². The standard InChI is InChI=1S/C11H14N4S/c1-8(12)7-13-11-5-4-9(14-15-11)10-3-2-6-16-10/h2-6,8H,7,12H2,1H3,(H,13,15). The SMILES string of the molecule is CC(N)CNc1ccc(-c2cccs2)nn1. The molecule has 0 aromatic carbocycles. The normalized spacial score (nSPS) is 12.4. The molecule has 0 saturated carbocycles. The first kappa shape index (κ1) is 11.0. The van der Waals surface area contributed by atoms with Gasteiger partial charge in [-0.15, -0.1) is 21.5 Å². The minimum absolute atomic E-state index is 0.110. The lowest BCUT2D eigenvalue weighted by Gasteiger charge is -2.07. The van der Waals surface area contributed by atoms with Gasteiger partial charge in [-0.1, -0.05) is 6.07 Å². The Bertz CT molecular complexity index is 422. The molecule has 0 spiro atoms. The Morgan fingerprint density at radius 3 is 2.81 bits per heavy atom. The number of rotatable bonds is 4. The monoisotopic (exact) mass is 234 g/mol. The molecule has 0 fully saturated rings. The highest BCUT2D eigenvalue weighted by Crippen LogP contribution is 2.22. The van der Waals surface area contributed by atoms with Gasteiger partial charge in [-0.05, 0) is 30.5 Å². The molecule has 2 rings (SSSR count). The van der Waals surface area contributed by atoms with Gasteiger partial charge in [-0.2, -0.15) is 0 Å². The highest BCUT2D eigenvalue weighted by Gasteiger charge is 2.01. The summed E-state index contributed by atoms with van der Waals surface area (Å²) < 4.78 is 0. The minimum Gasteiger partial charge on any atom is -0.367 e. The number of nitrogens with zero attached hydrogens (tertiary/aromatic N) is 2. The largest absolute Gasteiger partial charge is 0.367 e. The Hall–Kier alpha value is -1.46. The van der Waals surface area contributed by atoms with E-state index in [0.717, 1.165) is 16.4 Å². The predicted molar refractivity (Wildman–Crippen MR) is 67.5 cm³/mol. The second kappa shape index (κ2) is 5.05. The van der Waals surface area contributed by atoms with Crippen molar-refractivity contribution in [3.63, 3.8) is 0 Å². The van der Waals surface area contributed by atoms with E-state index in [0.29, 0.717) is 6.54 Å². The average Bonchev–Trinajstić information content (AvgIpc) is 2.80. The first-order valence-electron chi connectivity index (χ1n) is 5.13. The lowest BCUT2D eigenvalue weighted by molar-refractivity contribution is 0.775. The lowest BCUT2D eigenvalue weighted by atomic mass is 10.3. The van der Waals surface area contributed by atoms with Gasteiger partial charge in [0.25, 0.3) is 0 Å². The smallest absolute Gasteiger partial charge is 0.148 e. The van der Waals surface area contributed by atoms with Crippen molar-refractivity contribution in [1.29, 1.82) is 0 Å². The Kier molecular flexibility index (Phi) is 3.48. The summed E-state index contributed by atoms with van der Waals surface area (Å²) >= 11 is 1.66. The molecule has 84 valence electrons. The van der Waals surface area contributed by atoms with Crippen molar-refractivity contribution in [3.05, 3.63) is 29.6 Å². The number of nitrogens with two attached hydrogens (primary N) is 1. The van der Waals surface area contributed by atoms with E-state index in [1.54, 1.807) is 11.3 Å². The zero-order chi connectivity index (χ0) is 11.4. The fourth-order valence-electron chi connectivity index (χ4n) is 1.25. The maximum atomic E-state index is 5.64. The summed E-state index contributed by atoms with van der Waals surface area (Å²) in [6.45, 7) is 2.65. The van der Waals surface area contributed by atoms with Gasteiger partial charge in [0, 0.05) is 12.6 Å². The number of nitrogens with one attached hydrogen (secondary N) is 1. The third-order valence-electron chi connectivity index (χ3n) is 2.04. The summed E-state index contributed by atoms with van der Waals surface area (Å²) in [4.78, 5) is 1.13. The van der Waals surface area contributed by atoms with Crippen molar-refractivity contribution in [3.8, 4) is 10.6 Å². The molecule has 0 aliphatic rings. The van der Waals surface area contributed by atoms with Gasteiger partial charge >= 0.3 is 0 Å². The zero-order valence-electron chi connectivity index (χ0n) is 9.05. The number of hydrogen-bond donors (Lipinski definition) is 2. The van der Waals surface area contributed by atoms with Crippen LogP contribution in [0.2, 0.25) is 0 Å². The van der Waals surface area contributed by atoms with Crippen molar-refractivity contribution in [2.75, 3.05) is 11.9 Å². The summed E-state index contributed by atoms with van der Waals surface area (Å²) in [5.41, 5.74) is 6.54. The molecule has 0 amide bonds. The van der Waals surface area contributed by atoms with E-state index in [1.165, 1.54) is 0 Å². The van der Waals surface area contributed by atoms with Crippen molar-refractivity contribution in [1.82, 2.24) is 10.2 Å². The molecule has 1 atom stereocenters. The third kappa shape index (κ3) is 2.77. The molecule has 2 heterocycles. The molecule has 0 saturated heterocycles. The molecule has 16 heavy (non-hydrogen) atoms. The molecule has 0 aliphatic carbocycles. The van der Waals surface area contributed by atoms with E-state index in [9.17, 15) is 0 Å². The van der Waals surface area contributed by atoms with Gasteiger partial charge in [-0.3, -0.25) is 0 Å². The zero-order valence-corrected chi connectivity index (χ0v) is 9.87. The molecule has 0 bridgehead atoms. The van der Waals surface area contributed by atoms with Crippen LogP contribution in [0, 0.1) is 0 Å². The molecule has 2 aromatic rings. The summed E-state index contributed by atoms with van der Waals surface area (Å²) in [6.07, 6.45) is 0. The molecular formula is C11H14N4S. The molecule has 5 heteroatoms. The van der Waals surface area contributed by atoms with E-state index in [-0.39, 0.29) is 6.04 Å². The van der Waals surface area contributed by atoms with Crippen molar-refractivity contribution in [2.45, 2.75) is 13.0 Å². The van der Waals surface area contributed by atoms with Crippen molar-refractivity contribution >= 4 is 17.2 Å². The third-order valence-corrected chi connectivity index (χ3v) is 2.94. The molecule has 2 aromatic heterocycles. The molecule has 1 unspecified atom stereocenters. The summed E-state index contributed by atoms with van der Waals surface area (Å²) in [7, 11) is 0. The predicted octanol–water partition coefficient (Wildman–Crippen LogP) is 1.96. The van der Waals surface area contributed by atoms with Gasteiger partial charge in [0.2, 0.25) is 0 Å². The summed E-state index contributed by atoms with van der Waals surface area (Å²) in [5, 5.41) is 13.4. The van der Waals surface area contributed by atoms with Crippen molar-refractivity contribution < 1.29 is 0 Å². The maximum Gasteiger partial charge on any atom is 0.148 e. The lowest BCUT2D eigenvalue weighted by Crippen LogP contribution is -2.25. The Morgan fingerprint density at radius 1 is 1.38 bits per heavy atom. The first-order chi connectivity index (χ1) is 7.75.